The number of nitrogens with zero attached hydrogens (tertiary/aromatic N) is 4. The number of rotatable bonds is 8. The Kier molecular flexibility index (Phi) is 7.68. The lowest BCUT2D eigenvalue weighted by Gasteiger charge is -2.17. The van der Waals surface area contributed by atoms with Gasteiger partial charge in [-0.1, -0.05) is 29.4 Å². The van der Waals surface area contributed by atoms with Crippen LogP contribution in [0.15, 0.2) is 70.1 Å². The van der Waals surface area contributed by atoms with Crippen molar-refractivity contribution in [3.63, 3.8) is 0 Å². The van der Waals surface area contributed by atoms with Crippen LogP contribution in [0.1, 0.15) is 75.3 Å². The monoisotopic (exact) mass is 724 g/mol. The molecule has 1 amide bonds. The Balaban J connectivity index is 1.18. The van der Waals surface area contributed by atoms with Gasteiger partial charge in [0.1, 0.15) is 11.6 Å². The molecule has 6 aromatic rings. The second-order valence-electron chi connectivity index (χ2n) is 13.3. The fraction of sp³-hybridized carbons (Fsp3) is 0.289. The lowest BCUT2D eigenvalue weighted by Crippen LogP contribution is -2.22. The Labute approximate surface area is 298 Å². The molecule has 0 unspecified atom stereocenters. The molecular formula is C38H31F3N6O4S. The zero-order valence-electron chi connectivity index (χ0n) is 27.8. The third-order valence-corrected chi connectivity index (χ3v) is 11.6. The Morgan fingerprint density at radius 3 is 2.67 bits per heavy atom. The Morgan fingerprint density at radius 1 is 1.06 bits per heavy atom. The van der Waals surface area contributed by atoms with Gasteiger partial charge in [0, 0.05) is 23.2 Å². The minimum atomic E-state index is -4.44. The first-order valence-electron chi connectivity index (χ1n) is 17.1. The van der Waals surface area contributed by atoms with E-state index in [-0.39, 0.29) is 23.8 Å². The number of amides is 1. The molecule has 6 heterocycles. The van der Waals surface area contributed by atoms with E-state index in [0.717, 1.165) is 58.5 Å². The van der Waals surface area contributed by atoms with Gasteiger partial charge in [-0.25, -0.2) is 9.78 Å². The molecule has 1 saturated heterocycles. The number of ether oxygens (including phenoxy) is 1. The molecule has 14 heteroatoms. The number of thiophene rings is 1. The van der Waals surface area contributed by atoms with Crippen molar-refractivity contribution >= 4 is 33.1 Å². The van der Waals surface area contributed by atoms with Gasteiger partial charge in [-0.3, -0.25) is 19.3 Å². The van der Waals surface area contributed by atoms with Crippen LogP contribution >= 0.6 is 11.3 Å². The number of hydrogen-bond acceptors (Lipinski definition) is 9. The summed E-state index contributed by atoms with van der Waals surface area (Å²) in [4.78, 5) is 41.7. The van der Waals surface area contributed by atoms with E-state index in [4.69, 9.17) is 19.2 Å². The van der Waals surface area contributed by atoms with Crippen molar-refractivity contribution in [1.29, 1.82) is 0 Å². The summed E-state index contributed by atoms with van der Waals surface area (Å²) < 4.78 is 51.3. The fourth-order valence-corrected chi connectivity index (χ4v) is 9.18. The van der Waals surface area contributed by atoms with Gasteiger partial charge in [0.15, 0.2) is 5.82 Å². The molecule has 2 aliphatic heterocycles. The van der Waals surface area contributed by atoms with Crippen LogP contribution in [0, 0.1) is 0 Å². The molecule has 0 radical (unpaired) electrons. The predicted molar refractivity (Wildman–Crippen MR) is 189 cm³/mol. The van der Waals surface area contributed by atoms with E-state index in [9.17, 15) is 22.8 Å². The fourth-order valence-electron chi connectivity index (χ4n) is 8.01. The largest absolute Gasteiger partial charge is 0.496 e. The van der Waals surface area contributed by atoms with Gasteiger partial charge in [0.2, 0.25) is 0 Å². The number of nitrogens with one attached hydrogen (secondary N) is 2. The highest BCUT2D eigenvalue weighted by Gasteiger charge is 2.45. The molecule has 52 heavy (non-hydrogen) atoms. The lowest BCUT2D eigenvalue weighted by molar-refractivity contribution is -0.137. The van der Waals surface area contributed by atoms with Gasteiger partial charge in [0.05, 0.1) is 52.0 Å². The van der Waals surface area contributed by atoms with Crippen LogP contribution in [0.5, 0.6) is 5.75 Å². The minimum Gasteiger partial charge on any atom is -0.496 e. The molecule has 2 aromatic carbocycles. The molecule has 1 aliphatic carbocycles. The Morgan fingerprint density at radius 2 is 1.90 bits per heavy atom. The van der Waals surface area contributed by atoms with Crippen molar-refractivity contribution in [3.8, 4) is 27.6 Å². The predicted octanol–water partition coefficient (Wildman–Crippen LogP) is 7.90. The molecule has 2 atom stereocenters. The molecule has 2 N–H and O–H groups in total. The average molecular weight is 725 g/mol. The number of halogens is 3. The number of hydrogen-bond donors (Lipinski definition) is 2. The highest BCUT2D eigenvalue weighted by molar-refractivity contribution is 7.23. The van der Waals surface area contributed by atoms with Crippen molar-refractivity contribution in [2.75, 3.05) is 19.0 Å². The van der Waals surface area contributed by atoms with Crippen molar-refractivity contribution < 1.29 is 27.2 Å². The van der Waals surface area contributed by atoms with Crippen molar-refractivity contribution in [3.05, 3.63) is 111 Å². The maximum atomic E-state index is 14.2. The molecular weight excluding hydrogens is 694 g/mol. The molecule has 1 fully saturated rings. The topological polar surface area (TPSA) is 126 Å². The third-order valence-electron chi connectivity index (χ3n) is 10.4. The number of methoxy groups -OCH3 is 1. The van der Waals surface area contributed by atoms with E-state index in [1.54, 1.807) is 13.3 Å². The van der Waals surface area contributed by atoms with E-state index >= 15 is 0 Å². The number of benzene rings is 2. The van der Waals surface area contributed by atoms with E-state index in [2.05, 4.69) is 21.5 Å². The van der Waals surface area contributed by atoms with Crippen LogP contribution < -0.4 is 15.8 Å². The third kappa shape index (κ3) is 5.35. The lowest BCUT2D eigenvalue weighted by atomic mass is 9.92. The number of aromatic amines is 1. The number of alkyl halides is 3. The number of fused-ring (bicyclic) bond motifs is 5. The molecule has 3 aliphatic rings. The molecule has 9 rings (SSSR count). The smallest absolute Gasteiger partial charge is 0.439 e. The molecule has 0 saturated carbocycles. The van der Waals surface area contributed by atoms with Crippen molar-refractivity contribution in [2.24, 2.45) is 0 Å². The average Bonchev–Trinajstić information content (AvgIpc) is 3.98. The maximum Gasteiger partial charge on any atom is 0.439 e. The Hall–Kier alpha value is -5.50. The highest BCUT2D eigenvalue weighted by Crippen LogP contribution is 2.50. The summed E-state index contributed by atoms with van der Waals surface area (Å²) in [6.07, 6.45) is 1.35. The van der Waals surface area contributed by atoms with Crippen LogP contribution in [-0.2, 0) is 25.4 Å². The number of aryl methyl sites for hydroxylation is 2. The van der Waals surface area contributed by atoms with E-state index in [0.29, 0.717) is 58.8 Å². The number of anilines is 1. The van der Waals surface area contributed by atoms with Gasteiger partial charge in [-0.15, -0.1) is 11.3 Å². The van der Waals surface area contributed by atoms with Crippen LogP contribution in [0.4, 0.5) is 19.0 Å². The molecule has 4 aromatic heterocycles. The quantitative estimate of drug-likeness (QED) is 0.162. The zero-order chi connectivity index (χ0) is 35.7. The summed E-state index contributed by atoms with van der Waals surface area (Å²) in [5, 5.41) is 8.65. The summed E-state index contributed by atoms with van der Waals surface area (Å²) in [6, 6.07) is 14.9. The van der Waals surface area contributed by atoms with Crippen molar-refractivity contribution in [2.45, 2.75) is 56.8 Å². The zero-order valence-corrected chi connectivity index (χ0v) is 28.7. The molecule has 10 nitrogen and oxygen atoms in total. The van der Waals surface area contributed by atoms with Crippen molar-refractivity contribution in [1.82, 2.24) is 25.0 Å². The SMILES string of the molecule is COc1cccc2c1CC[C@@H]2Nc1nccc2cc(-c3c4c(nc(CCc5ccc(C(F)(F)F)cc5)c3-c3noc(=O)[nH]3)[C@@H]3CCCN3C4=O)sc12. The molecule has 264 valence electrons. The standard InChI is InChI=1S/C38H31F3N6O4S/c1-50-27-6-2-4-22-23(27)12-14-24(22)44-35-33-20(15-16-42-35)18-28(52-33)30-29(34-45-37(49)51-46-34)25(13-9-19-7-10-21(11-8-19)38(39,40)41)43-32-26-5-3-17-47(26)36(48)31(30)32/h2,4,6-8,10-11,15-16,18,24,26H,3,5,9,12-14,17H2,1H3,(H,42,44)(H,45,46,49)/t24-,26-/m0/s1. The number of pyridine rings is 2. The molecule has 0 spiro atoms. The number of aromatic nitrogens is 4. The van der Waals surface area contributed by atoms with E-state index in [1.165, 1.54) is 34.6 Å². The summed E-state index contributed by atoms with van der Waals surface area (Å²) in [5.74, 6) is 0.819. The second kappa shape index (κ2) is 12.3. The summed E-state index contributed by atoms with van der Waals surface area (Å²) in [6.45, 7) is 0.606. The number of carbonyl (C=O) groups is 1. The first kappa shape index (κ1) is 32.4. The van der Waals surface area contributed by atoms with Crippen LogP contribution in [0.3, 0.4) is 0 Å². The van der Waals surface area contributed by atoms with Gasteiger partial charge in [-0.2, -0.15) is 13.2 Å². The highest BCUT2D eigenvalue weighted by atomic mass is 32.1. The maximum absolute atomic E-state index is 14.2. The summed E-state index contributed by atoms with van der Waals surface area (Å²) in [7, 11) is 1.68. The first-order chi connectivity index (χ1) is 25.2. The number of H-pyrrole nitrogens is 1. The summed E-state index contributed by atoms with van der Waals surface area (Å²) >= 11 is 1.48. The molecule has 0 bridgehead atoms. The van der Waals surface area contributed by atoms with Crippen LogP contribution in [-0.4, -0.2) is 44.6 Å². The minimum absolute atomic E-state index is 0.0280. The van der Waals surface area contributed by atoms with Crippen LogP contribution in [0.2, 0.25) is 0 Å². The van der Waals surface area contributed by atoms with E-state index < -0.39 is 17.5 Å². The summed E-state index contributed by atoms with van der Waals surface area (Å²) in [5.41, 5.74) is 5.06. The van der Waals surface area contributed by atoms with Gasteiger partial charge < -0.3 is 15.0 Å². The first-order valence-corrected chi connectivity index (χ1v) is 17.9. The van der Waals surface area contributed by atoms with Gasteiger partial charge in [0.25, 0.3) is 5.91 Å². The number of carbonyl (C=O) groups excluding carboxylic acids is 1. The second-order valence-corrected chi connectivity index (χ2v) is 14.4. The van der Waals surface area contributed by atoms with Crippen LogP contribution in [0.25, 0.3) is 31.9 Å². The van der Waals surface area contributed by atoms with E-state index in [1.807, 2.05) is 29.2 Å². The van der Waals surface area contributed by atoms with Gasteiger partial charge >= 0.3 is 11.9 Å². The van der Waals surface area contributed by atoms with Gasteiger partial charge in [-0.05, 0) is 90.9 Å². The Bertz CT molecular complexity index is 2440. The normalized spacial score (nSPS) is 17.8.